The average Bonchev–Trinajstić information content (AvgIpc) is 2.17. The number of hydrogen-bond donors (Lipinski definition) is 0. The monoisotopic (exact) mass is 188 g/mol. The van der Waals surface area contributed by atoms with Crippen LogP contribution in [-0.2, 0) is 0 Å². The molecule has 0 aliphatic heterocycles. The van der Waals surface area contributed by atoms with E-state index in [1.54, 1.807) is 24.5 Å². The van der Waals surface area contributed by atoms with Gasteiger partial charge in [-0.05, 0) is 12.1 Å². The van der Waals surface area contributed by atoms with Gasteiger partial charge >= 0.3 is 0 Å². The Morgan fingerprint density at radius 2 is 2.14 bits per heavy atom. The molecule has 0 spiro atoms. The van der Waals surface area contributed by atoms with E-state index in [1.807, 2.05) is 0 Å². The topological polar surface area (TPSA) is 52.0 Å². The number of aromatic nitrogens is 2. The van der Waals surface area contributed by atoms with E-state index in [-0.39, 0.29) is 11.5 Å². The summed E-state index contributed by atoms with van der Waals surface area (Å²) in [7, 11) is 0. The standard InChI is InChI=1S/C10H8N2O2/c1-7(13)12-9-4-5-11-6-8(9)2-3-10(12)14/h2-6H,1H3. The largest absolute Gasteiger partial charge is 0.274 e. The van der Waals surface area contributed by atoms with E-state index >= 15 is 0 Å². The van der Waals surface area contributed by atoms with Gasteiger partial charge in [0.25, 0.3) is 5.56 Å². The van der Waals surface area contributed by atoms with Gasteiger partial charge in [-0.25, -0.2) is 4.57 Å². The van der Waals surface area contributed by atoms with E-state index in [0.717, 1.165) is 9.95 Å². The van der Waals surface area contributed by atoms with Gasteiger partial charge < -0.3 is 0 Å². The molecule has 0 atom stereocenters. The summed E-state index contributed by atoms with van der Waals surface area (Å²) in [4.78, 5) is 26.5. The second-order valence-electron chi connectivity index (χ2n) is 2.96. The molecule has 2 aromatic rings. The fourth-order valence-electron chi connectivity index (χ4n) is 1.41. The Morgan fingerprint density at radius 3 is 2.86 bits per heavy atom. The van der Waals surface area contributed by atoms with Crippen molar-refractivity contribution in [2.24, 2.45) is 0 Å². The maximum absolute atomic E-state index is 11.4. The van der Waals surface area contributed by atoms with Crippen molar-refractivity contribution in [2.75, 3.05) is 0 Å². The van der Waals surface area contributed by atoms with E-state index < -0.39 is 0 Å². The lowest BCUT2D eigenvalue weighted by Gasteiger charge is -2.04. The summed E-state index contributed by atoms with van der Waals surface area (Å²) in [5, 5.41) is 0.780. The minimum absolute atomic E-state index is 0.285. The molecule has 0 saturated carbocycles. The summed E-state index contributed by atoms with van der Waals surface area (Å²) in [6.07, 6.45) is 3.18. The van der Waals surface area contributed by atoms with Crippen molar-refractivity contribution in [1.29, 1.82) is 0 Å². The summed E-state index contributed by atoms with van der Waals surface area (Å²) in [5.41, 5.74) is 0.288. The van der Waals surface area contributed by atoms with Gasteiger partial charge in [-0.1, -0.05) is 0 Å². The van der Waals surface area contributed by atoms with Crippen molar-refractivity contribution in [3.05, 3.63) is 40.9 Å². The first-order chi connectivity index (χ1) is 6.70. The number of rotatable bonds is 0. The van der Waals surface area contributed by atoms with E-state index in [2.05, 4.69) is 4.98 Å². The summed E-state index contributed by atoms with van der Waals surface area (Å²) < 4.78 is 1.14. The van der Waals surface area contributed by atoms with Crippen LogP contribution in [0.4, 0.5) is 0 Å². The lowest BCUT2D eigenvalue weighted by molar-refractivity contribution is 0.0937. The molecule has 0 bridgehead atoms. The van der Waals surface area contributed by atoms with Crippen molar-refractivity contribution >= 4 is 16.8 Å². The SMILES string of the molecule is CC(=O)n1c(=O)ccc2cnccc21. The zero-order valence-electron chi connectivity index (χ0n) is 7.60. The number of fused-ring (bicyclic) bond motifs is 1. The fraction of sp³-hybridized carbons (Fsp3) is 0.100. The zero-order valence-corrected chi connectivity index (χ0v) is 7.60. The van der Waals surface area contributed by atoms with Crippen LogP contribution in [0.1, 0.15) is 11.7 Å². The van der Waals surface area contributed by atoms with E-state index in [0.29, 0.717) is 5.52 Å². The summed E-state index contributed by atoms with van der Waals surface area (Å²) >= 11 is 0. The molecule has 0 fully saturated rings. The number of carbonyl (C=O) groups excluding carboxylic acids is 1. The third-order valence-electron chi connectivity index (χ3n) is 2.01. The average molecular weight is 188 g/mol. The zero-order chi connectivity index (χ0) is 10.1. The summed E-state index contributed by atoms with van der Waals surface area (Å²) in [6.45, 7) is 1.36. The number of carbonyl (C=O) groups is 1. The Labute approximate surface area is 79.8 Å². The highest BCUT2D eigenvalue weighted by Crippen LogP contribution is 2.08. The van der Waals surface area contributed by atoms with Crippen LogP contribution in [0.15, 0.2) is 35.4 Å². The molecule has 0 unspecified atom stereocenters. The molecule has 2 heterocycles. The van der Waals surface area contributed by atoms with Crippen LogP contribution in [0, 0.1) is 0 Å². The molecule has 0 aliphatic rings. The Hall–Kier alpha value is -1.97. The van der Waals surface area contributed by atoms with Crippen molar-refractivity contribution in [2.45, 2.75) is 6.92 Å². The van der Waals surface area contributed by atoms with E-state index in [9.17, 15) is 9.59 Å². The molecule has 4 nitrogen and oxygen atoms in total. The number of hydrogen-bond acceptors (Lipinski definition) is 3. The van der Waals surface area contributed by atoms with Gasteiger partial charge in [0.05, 0.1) is 5.52 Å². The van der Waals surface area contributed by atoms with Gasteiger partial charge in [0.15, 0.2) is 0 Å². The smallest absolute Gasteiger partial charge is 0.257 e. The van der Waals surface area contributed by atoms with Gasteiger partial charge in [0.2, 0.25) is 5.91 Å². The highest BCUT2D eigenvalue weighted by Gasteiger charge is 2.05. The molecule has 70 valence electrons. The Bertz CT molecular complexity index is 557. The molecule has 0 saturated heterocycles. The van der Waals surface area contributed by atoms with Crippen LogP contribution < -0.4 is 5.56 Å². The molecular formula is C10H8N2O2. The minimum atomic E-state index is -0.309. The van der Waals surface area contributed by atoms with Gasteiger partial charge in [-0.2, -0.15) is 0 Å². The van der Waals surface area contributed by atoms with Crippen molar-refractivity contribution in [1.82, 2.24) is 9.55 Å². The maximum atomic E-state index is 11.4. The number of nitrogens with zero attached hydrogens (tertiary/aromatic N) is 2. The number of pyridine rings is 2. The molecule has 2 rings (SSSR count). The maximum Gasteiger partial charge on any atom is 0.257 e. The Morgan fingerprint density at radius 1 is 1.36 bits per heavy atom. The minimum Gasteiger partial charge on any atom is -0.274 e. The highest BCUT2D eigenvalue weighted by atomic mass is 16.2. The van der Waals surface area contributed by atoms with Crippen LogP contribution in [0.5, 0.6) is 0 Å². The van der Waals surface area contributed by atoms with Crippen LogP contribution in [-0.4, -0.2) is 15.5 Å². The van der Waals surface area contributed by atoms with Gasteiger partial charge in [-0.15, -0.1) is 0 Å². The molecule has 4 heteroatoms. The third kappa shape index (κ3) is 1.21. The molecule has 2 aromatic heterocycles. The molecule has 0 amide bonds. The first kappa shape index (κ1) is 8.62. The van der Waals surface area contributed by atoms with Gasteiger partial charge in [0, 0.05) is 30.8 Å². The first-order valence-corrected chi connectivity index (χ1v) is 4.17. The fourth-order valence-corrected chi connectivity index (χ4v) is 1.41. The van der Waals surface area contributed by atoms with Crippen molar-refractivity contribution in [3.63, 3.8) is 0 Å². The summed E-state index contributed by atoms with van der Waals surface area (Å²) in [6, 6.07) is 4.67. The second-order valence-corrected chi connectivity index (χ2v) is 2.96. The van der Waals surface area contributed by atoms with Crippen molar-refractivity contribution in [3.8, 4) is 0 Å². The second kappa shape index (κ2) is 3.06. The van der Waals surface area contributed by atoms with Crippen LogP contribution in [0.2, 0.25) is 0 Å². The van der Waals surface area contributed by atoms with Crippen LogP contribution >= 0.6 is 0 Å². The lowest BCUT2D eigenvalue weighted by atomic mass is 10.2. The Balaban J connectivity index is 2.97. The molecule has 0 N–H and O–H groups in total. The first-order valence-electron chi connectivity index (χ1n) is 4.17. The summed E-state index contributed by atoms with van der Waals surface area (Å²) in [5.74, 6) is -0.285. The predicted octanol–water partition coefficient (Wildman–Crippen LogP) is 1.06. The molecular weight excluding hydrogens is 180 g/mol. The molecule has 0 radical (unpaired) electrons. The van der Waals surface area contributed by atoms with E-state index in [4.69, 9.17) is 0 Å². The van der Waals surface area contributed by atoms with Crippen molar-refractivity contribution < 1.29 is 4.79 Å². The van der Waals surface area contributed by atoms with Gasteiger partial charge in [-0.3, -0.25) is 14.6 Å². The molecule has 0 aliphatic carbocycles. The van der Waals surface area contributed by atoms with Crippen LogP contribution in [0.3, 0.4) is 0 Å². The third-order valence-corrected chi connectivity index (χ3v) is 2.01. The quantitative estimate of drug-likeness (QED) is 0.621. The molecule has 14 heavy (non-hydrogen) atoms. The normalized spacial score (nSPS) is 10.4. The van der Waals surface area contributed by atoms with Gasteiger partial charge in [0.1, 0.15) is 0 Å². The Kier molecular flexibility index (Phi) is 1.89. The van der Waals surface area contributed by atoms with E-state index in [1.165, 1.54) is 13.0 Å². The highest BCUT2D eigenvalue weighted by molar-refractivity contribution is 5.89. The lowest BCUT2D eigenvalue weighted by Crippen LogP contribution is -2.23. The molecule has 0 aromatic carbocycles. The van der Waals surface area contributed by atoms with Crippen LogP contribution in [0.25, 0.3) is 10.9 Å². The predicted molar refractivity (Wildman–Crippen MR) is 52.3 cm³/mol.